The fourth-order valence-corrected chi connectivity index (χ4v) is 2.83. The number of halogens is 3. The van der Waals surface area contributed by atoms with Gasteiger partial charge in [0, 0.05) is 16.7 Å². The summed E-state index contributed by atoms with van der Waals surface area (Å²) in [7, 11) is 0. The summed E-state index contributed by atoms with van der Waals surface area (Å²) in [6.07, 6.45) is -4.91. The van der Waals surface area contributed by atoms with Crippen molar-refractivity contribution < 1.29 is 37.7 Å². The molecule has 0 heterocycles. The average molecular weight is 396 g/mol. The van der Waals surface area contributed by atoms with Gasteiger partial charge in [0.25, 0.3) is 0 Å². The quantitative estimate of drug-likeness (QED) is 0.724. The Morgan fingerprint density at radius 3 is 2.18 bits per heavy atom. The van der Waals surface area contributed by atoms with Crippen LogP contribution in [0.1, 0.15) is 58.2 Å². The predicted molar refractivity (Wildman–Crippen MR) is 95.1 cm³/mol. The first-order chi connectivity index (χ1) is 12.7. The number of carboxylic acids is 1. The number of hydrogen-bond acceptors (Lipinski definition) is 4. The van der Waals surface area contributed by atoms with E-state index in [2.05, 4.69) is 4.74 Å². The van der Waals surface area contributed by atoms with E-state index in [1.165, 1.54) is 25.1 Å². The minimum atomic E-state index is -4.91. The lowest BCUT2D eigenvalue weighted by Gasteiger charge is -2.24. The van der Waals surface area contributed by atoms with E-state index in [0.29, 0.717) is 0 Å². The van der Waals surface area contributed by atoms with Crippen LogP contribution in [0.15, 0.2) is 30.3 Å². The number of carboxylic acid groups (broad SMARTS) is 1. The van der Waals surface area contributed by atoms with Crippen molar-refractivity contribution in [1.29, 1.82) is 0 Å². The Morgan fingerprint density at radius 1 is 1.07 bits per heavy atom. The van der Waals surface area contributed by atoms with Crippen LogP contribution in [0.25, 0.3) is 0 Å². The molecule has 0 aliphatic carbocycles. The highest BCUT2D eigenvalue weighted by atomic mass is 19.4. The fraction of sp³-hybridized carbons (Fsp3) is 0.300. The molecule has 0 aromatic heterocycles. The Morgan fingerprint density at radius 2 is 1.68 bits per heavy atom. The summed E-state index contributed by atoms with van der Waals surface area (Å²) in [6, 6.07) is 5.88. The maximum Gasteiger partial charge on any atom is 0.573 e. The SMILES string of the molecule is Cc1c(C(=O)c2cccc(OC(F)(F)F)c2)cc(C(C)(C)C)c(O)c1C(=O)O. The topological polar surface area (TPSA) is 83.8 Å². The molecule has 0 amide bonds. The molecule has 28 heavy (non-hydrogen) atoms. The first-order valence-corrected chi connectivity index (χ1v) is 8.23. The first kappa shape index (κ1) is 21.3. The molecule has 5 nitrogen and oxygen atoms in total. The molecule has 150 valence electrons. The van der Waals surface area contributed by atoms with Crippen LogP contribution in [0.2, 0.25) is 0 Å². The molecular weight excluding hydrogens is 377 g/mol. The van der Waals surface area contributed by atoms with Crippen LogP contribution in [-0.2, 0) is 5.41 Å². The number of ether oxygens (including phenoxy) is 1. The molecule has 2 N–H and O–H groups in total. The monoisotopic (exact) mass is 396 g/mol. The number of ketones is 1. The van der Waals surface area contributed by atoms with Crippen LogP contribution in [0, 0.1) is 6.92 Å². The third-order valence-corrected chi connectivity index (χ3v) is 4.16. The molecule has 2 aromatic rings. The van der Waals surface area contributed by atoms with Crippen LogP contribution in [0.4, 0.5) is 13.2 Å². The Bertz CT molecular complexity index is 940. The molecule has 0 unspecified atom stereocenters. The summed E-state index contributed by atoms with van der Waals surface area (Å²) < 4.78 is 41.1. The minimum absolute atomic E-state index is 0.0187. The second-order valence-corrected chi connectivity index (χ2v) is 7.28. The van der Waals surface area contributed by atoms with Gasteiger partial charge in [-0.25, -0.2) is 4.79 Å². The van der Waals surface area contributed by atoms with Gasteiger partial charge < -0.3 is 14.9 Å². The Kier molecular flexibility index (Phi) is 5.45. The Balaban J connectivity index is 2.65. The summed E-state index contributed by atoms with van der Waals surface area (Å²) in [5.41, 5.74) is -0.973. The highest BCUT2D eigenvalue weighted by Gasteiger charge is 2.32. The van der Waals surface area contributed by atoms with Crippen molar-refractivity contribution in [3.63, 3.8) is 0 Å². The third kappa shape index (κ3) is 4.44. The molecule has 0 fully saturated rings. The lowest BCUT2D eigenvalue weighted by Crippen LogP contribution is -2.18. The van der Waals surface area contributed by atoms with Gasteiger partial charge in [-0.2, -0.15) is 0 Å². The Hall–Kier alpha value is -3.03. The largest absolute Gasteiger partial charge is 0.573 e. The van der Waals surface area contributed by atoms with Crippen LogP contribution in [0.5, 0.6) is 11.5 Å². The van der Waals surface area contributed by atoms with Gasteiger partial charge in [0.1, 0.15) is 17.1 Å². The number of aromatic carboxylic acids is 1. The lowest BCUT2D eigenvalue weighted by atomic mass is 9.81. The summed E-state index contributed by atoms with van der Waals surface area (Å²) in [5, 5.41) is 19.9. The maximum atomic E-state index is 12.9. The maximum absolute atomic E-state index is 12.9. The zero-order valence-electron chi connectivity index (χ0n) is 15.6. The number of rotatable bonds is 4. The molecule has 0 spiro atoms. The van der Waals surface area contributed by atoms with E-state index in [4.69, 9.17) is 0 Å². The highest BCUT2D eigenvalue weighted by Crippen LogP contribution is 2.37. The van der Waals surface area contributed by atoms with E-state index in [1.54, 1.807) is 20.8 Å². The van der Waals surface area contributed by atoms with E-state index < -0.39 is 40.6 Å². The van der Waals surface area contributed by atoms with Crippen molar-refractivity contribution in [1.82, 2.24) is 0 Å². The molecule has 0 aliphatic heterocycles. The van der Waals surface area contributed by atoms with Gasteiger partial charge in [-0.3, -0.25) is 4.79 Å². The zero-order valence-corrected chi connectivity index (χ0v) is 15.6. The molecule has 8 heteroatoms. The van der Waals surface area contributed by atoms with E-state index in [0.717, 1.165) is 12.1 Å². The first-order valence-electron chi connectivity index (χ1n) is 8.23. The second kappa shape index (κ2) is 7.18. The van der Waals surface area contributed by atoms with Gasteiger partial charge in [-0.05, 0) is 36.1 Å². The summed E-state index contributed by atoms with van der Waals surface area (Å²) >= 11 is 0. The lowest BCUT2D eigenvalue weighted by molar-refractivity contribution is -0.274. The third-order valence-electron chi connectivity index (χ3n) is 4.16. The van der Waals surface area contributed by atoms with Crippen LogP contribution < -0.4 is 4.74 Å². The van der Waals surface area contributed by atoms with Gasteiger partial charge >= 0.3 is 12.3 Å². The molecule has 0 saturated heterocycles. The van der Waals surface area contributed by atoms with Crippen molar-refractivity contribution >= 4 is 11.8 Å². The van der Waals surface area contributed by atoms with E-state index in [9.17, 15) is 33.0 Å². The number of carbonyl (C=O) groups excluding carboxylic acids is 1. The molecule has 2 aromatic carbocycles. The number of hydrogen-bond donors (Lipinski definition) is 2. The Labute approximate surface area is 159 Å². The van der Waals surface area contributed by atoms with E-state index in [1.807, 2.05) is 0 Å². The molecule has 0 saturated carbocycles. The summed E-state index contributed by atoms with van der Waals surface area (Å²) in [4.78, 5) is 24.6. The van der Waals surface area contributed by atoms with Gasteiger partial charge in [0.05, 0.1) is 0 Å². The summed E-state index contributed by atoms with van der Waals surface area (Å²) in [5.74, 6) is -3.10. The smallest absolute Gasteiger partial charge is 0.507 e. The zero-order chi connectivity index (χ0) is 21.4. The van der Waals surface area contributed by atoms with E-state index in [-0.39, 0.29) is 22.3 Å². The number of benzene rings is 2. The van der Waals surface area contributed by atoms with E-state index >= 15 is 0 Å². The van der Waals surface area contributed by atoms with Crippen molar-refractivity contribution in [2.75, 3.05) is 0 Å². The molecule has 0 atom stereocenters. The molecule has 2 rings (SSSR count). The second-order valence-electron chi connectivity index (χ2n) is 7.28. The van der Waals surface area contributed by atoms with Gasteiger partial charge in [0.2, 0.25) is 0 Å². The van der Waals surface area contributed by atoms with Crippen molar-refractivity contribution in [2.24, 2.45) is 0 Å². The van der Waals surface area contributed by atoms with Crippen molar-refractivity contribution in [3.8, 4) is 11.5 Å². The molecule has 0 bridgehead atoms. The number of aromatic hydroxyl groups is 1. The fourth-order valence-electron chi connectivity index (χ4n) is 2.83. The molecule has 0 aliphatic rings. The average Bonchev–Trinajstić information content (AvgIpc) is 2.51. The normalized spacial score (nSPS) is 12.0. The molecular formula is C20H19F3O5. The molecule has 0 radical (unpaired) electrons. The van der Waals surface area contributed by atoms with Gasteiger partial charge in [-0.1, -0.05) is 32.9 Å². The highest BCUT2D eigenvalue weighted by molar-refractivity contribution is 6.12. The number of alkyl halides is 3. The minimum Gasteiger partial charge on any atom is -0.507 e. The summed E-state index contributed by atoms with van der Waals surface area (Å²) in [6.45, 7) is 6.55. The van der Waals surface area contributed by atoms with Crippen molar-refractivity contribution in [2.45, 2.75) is 39.5 Å². The van der Waals surface area contributed by atoms with Crippen molar-refractivity contribution in [3.05, 3.63) is 58.1 Å². The standard InChI is InChI=1S/C20H19F3O5/c1-10-13(9-14(19(2,3)4)17(25)15(10)18(26)27)16(24)11-6-5-7-12(8-11)28-20(21,22)23/h5-9,25H,1-4H3,(H,26,27). The van der Waals surface area contributed by atoms with Crippen LogP contribution in [-0.4, -0.2) is 28.3 Å². The number of phenols is 1. The van der Waals surface area contributed by atoms with Gasteiger partial charge in [-0.15, -0.1) is 13.2 Å². The van der Waals surface area contributed by atoms with Crippen LogP contribution >= 0.6 is 0 Å². The van der Waals surface area contributed by atoms with Gasteiger partial charge in [0.15, 0.2) is 5.78 Å². The van der Waals surface area contributed by atoms with Crippen LogP contribution in [0.3, 0.4) is 0 Å². The number of carbonyl (C=O) groups is 2. The predicted octanol–water partition coefficient (Wildman–Crippen LogP) is 4.83.